The molecule has 1 fully saturated rings. The van der Waals surface area contributed by atoms with Crippen LogP contribution in [-0.2, 0) is 9.59 Å². The van der Waals surface area contributed by atoms with Gasteiger partial charge in [-0.15, -0.1) is 0 Å². The Hall–Kier alpha value is -3.29. The minimum absolute atomic E-state index is 0.0643. The normalized spacial score (nSPS) is 17.2. The second-order valence-corrected chi connectivity index (χ2v) is 5.36. The van der Waals surface area contributed by atoms with Gasteiger partial charge in [0.2, 0.25) is 11.8 Å². The van der Waals surface area contributed by atoms with Gasteiger partial charge in [-0.3, -0.25) is 9.59 Å². The zero-order valence-electron chi connectivity index (χ0n) is 12.8. The summed E-state index contributed by atoms with van der Waals surface area (Å²) in [5.41, 5.74) is 0.0674. The number of hydrogen-bond donors (Lipinski definition) is 2. The maximum atomic E-state index is 13.6. The number of urea groups is 1. The number of carbonyl (C=O) groups excluding carboxylic acids is 3. The fourth-order valence-electron chi connectivity index (χ4n) is 2.43. The molecule has 25 heavy (non-hydrogen) atoms. The van der Waals surface area contributed by atoms with Crippen molar-refractivity contribution in [2.75, 3.05) is 16.8 Å². The van der Waals surface area contributed by atoms with Crippen molar-refractivity contribution in [1.82, 2.24) is 5.32 Å². The lowest BCUT2D eigenvalue weighted by Gasteiger charge is -2.30. The molecular weight excluding hydrogens is 332 g/mol. The lowest BCUT2D eigenvalue weighted by Crippen LogP contribution is -2.58. The Balaban J connectivity index is 1.82. The molecule has 1 aliphatic heterocycles. The van der Waals surface area contributed by atoms with E-state index in [-0.39, 0.29) is 17.9 Å². The Kier molecular flexibility index (Phi) is 4.42. The Labute approximate surface area is 141 Å². The van der Waals surface area contributed by atoms with Crippen LogP contribution in [0.4, 0.5) is 25.0 Å². The average molecular weight is 345 g/mol. The number of amides is 4. The Morgan fingerprint density at radius 2 is 1.76 bits per heavy atom. The molecule has 1 saturated heterocycles. The topological polar surface area (TPSA) is 78.5 Å². The van der Waals surface area contributed by atoms with Crippen molar-refractivity contribution in [2.24, 2.45) is 5.92 Å². The molecule has 128 valence electrons. The Morgan fingerprint density at radius 1 is 1.08 bits per heavy atom. The summed E-state index contributed by atoms with van der Waals surface area (Å²) in [6, 6.07) is 9.51. The molecule has 1 heterocycles. The maximum Gasteiger partial charge on any atom is 0.328 e. The zero-order valence-corrected chi connectivity index (χ0v) is 12.8. The summed E-state index contributed by atoms with van der Waals surface area (Å²) in [7, 11) is 0. The van der Waals surface area contributed by atoms with E-state index in [0.29, 0.717) is 0 Å². The van der Waals surface area contributed by atoms with E-state index >= 15 is 0 Å². The summed E-state index contributed by atoms with van der Waals surface area (Å²) in [5.74, 6) is -3.92. The van der Waals surface area contributed by atoms with E-state index < -0.39 is 35.4 Å². The zero-order chi connectivity index (χ0) is 18.0. The van der Waals surface area contributed by atoms with E-state index in [4.69, 9.17) is 0 Å². The molecule has 0 aromatic heterocycles. The van der Waals surface area contributed by atoms with Gasteiger partial charge in [-0.25, -0.2) is 18.5 Å². The molecule has 1 atom stereocenters. The highest BCUT2D eigenvalue weighted by molar-refractivity contribution is 6.23. The van der Waals surface area contributed by atoms with Crippen LogP contribution in [0.1, 0.15) is 0 Å². The Bertz CT molecular complexity index is 839. The van der Waals surface area contributed by atoms with Crippen LogP contribution in [0.15, 0.2) is 48.5 Å². The minimum Gasteiger partial charge on any atom is -0.336 e. The van der Waals surface area contributed by atoms with E-state index in [2.05, 4.69) is 10.6 Å². The van der Waals surface area contributed by atoms with Crippen LogP contribution >= 0.6 is 0 Å². The van der Waals surface area contributed by atoms with E-state index in [9.17, 15) is 23.2 Å². The van der Waals surface area contributed by atoms with Crippen molar-refractivity contribution >= 4 is 29.2 Å². The summed E-state index contributed by atoms with van der Waals surface area (Å²) in [4.78, 5) is 37.6. The highest BCUT2D eigenvalue weighted by atomic mass is 19.1. The molecule has 0 bridgehead atoms. The molecule has 6 nitrogen and oxygen atoms in total. The molecular formula is C17H13F2N3O3. The number of benzene rings is 2. The van der Waals surface area contributed by atoms with Crippen molar-refractivity contribution in [3.63, 3.8) is 0 Å². The first-order chi connectivity index (χ1) is 12.0. The molecule has 2 aromatic rings. The van der Waals surface area contributed by atoms with E-state index in [1.54, 1.807) is 0 Å². The van der Waals surface area contributed by atoms with Crippen LogP contribution in [-0.4, -0.2) is 24.4 Å². The molecule has 4 amide bonds. The molecule has 0 radical (unpaired) electrons. The SMILES string of the molecule is O=C(Nc1ccccc1F)C1CNC(=O)N(c2ccc(F)cc2)C1=O. The third kappa shape index (κ3) is 3.32. The van der Waals surface area contributed by atoms with Crippen LogP contribution in [0.5, 0.6) is 0 Å². The summed E-state index contributed by atoms with van der Waals surface area (Å²) >= 11 is 0. The monoisotopic (exact) mass is 345 g/mol. The van der Waals surface area contributed by atoms with Gasteiger partial charge in [0.15, 0.2) is 0 Å². The lowest BCUT2D eigenvalue weighted by atomic mass is 10.0. The average Bonchev–Trinajstić information content (AvgIpc) is 2.58. The second-order valence-electron chi connectivity index (χ2n) is 5.36. The Morgan fingerprint density at radius 3 is 2.44 bits per heavy atom. The van der Waals surface area contributed by atoms with Gasteiger partial charge in [-0.05, 0) is 36.4 Å². The van der Waals surface area contributed by atoms with Gasteiger partial charge in [0.1, 0.15) is 17.6 Å². The number of carbonyl (C=O) groups is 3. The van der Waals surface area contributed by atoms with Crippen molar-refractivity contribution < 1.29 is 23.2 Å². The molecule has 2 aromatic carbocycles. The number of nitrogens with one attached hydrogen (secondary N) is 2. The molecule has 1 unspecified atom stereocenters. The van der Waals surface area contributed by atoms with E-state index in [1.165, 1.54) is 36.4 Å². The number of halogens is 2. The van der Waals surface area contributed by atoms with Crippen LogP contribution in [0, 0.1) is 17.6 Å². The minimum atomic E-state index is -1.23. The van der Waals surface area contributed by atoms with Gasteiger partial charge in [0.25, 0.3) is 0 Å². The fraction of sp³-hybridized carbons (Fsp3) is 0.118. The molecule has 8 heteroatoms. The second kappa shape index (κ2) is 6.68. The third-order valence-corrected chi connectivity index (χ3v) is 3.71. The first-order valence-corrected chi connectivity index (χ1v) is 7.40. The van der Waals surface area contributed by atoms with Crippen LogP contribution in [0.3, 0.4) is 0 Å². The molecule has 1 aliphatic rings. The van der Waals surface area contributed by atoms with Gasteiger partial charge >= 0.3 is 6.03 Å². The van der Waals surface area contributed by atoms with Gasteiger partial charge in [-0.1, -0.05) is 12.1 Å². The molecule has 0 aliphatic carbocycles. The van der Waals surface area contributed by atoms with Crippen molar-refractivity contribution in [1.29, 1.82) is 0 Å². The van der Waals surface area contributed by atoms with Gasteiger partial charge in [0, 0.05) is 6.54 Å². The molecule has 0 spiro atoms. The van der Waals surface area contributed by atoms with Crippen molar-refractivity contribution in [3.8, 4) is 0 Å². The first kappa shape index (κ1) is 16.6. The molecule has 0 saturated carbocycles. The highest BCUT2D eigenvalue weighted by Crippen LogP contribution is 2.22. The molecule has 2 N–H and O–H groups in total. The number of imide groups is 1. The third-order valence-electron chi connectivity index (χ3n) is 3.71. The van der Waals surface area contributed by atoms with Gasteiger partial charge < -0.3 is 10.6 Å². The van der Waals surface area contributed by atoms with Crippen LogP contribution < -0.4 is 15.5 Å². The number of rotatable bonds is 3. The number of para-hydroxylation sites is 1. The summed E-state index contributed by atoms with van der Waals surface area (Å²) in [6.45, 7) is -0.213. The van der Waals surface area contributed by atoms with Crippen molar-refractivity contribution in [3.05, 3.63) is 60.2 Å². The maximum absolute atomic E-state index is 13.6. The van der Waals surface area contributed by atoms with Crippen molar-refractivity contribution in [2.45, 2.75) is 0 Å². The van der Waals surface area contributed by atoms with Crippen LogP contribution in [0.2, 0.25) is 0 Å². The highest BCUT2D eigenvalue weighted by Gasteiger charge is 2.39. The van der Waals surface area contributed by atoms with E-state index in [0.717, 1.165) is 17.0 Å². The smallest absolute Gasteiger partial charge is 0.328 e. The van der Waals surface area contributed by atoms with Gasteiger partial charge in [0.05, 0.1) is 11.4 Å². The predicted octanol–water partition coefficient (Wildman–Crippen LogP) is 2.28. The first-order valence-electron chi connectivity index (χ1n) is 7.40. The number of nitrogens with zero attached hydrogens (tertiary/aromatic N) is 1. The summed E-state index contributed by atoms with van der Waals surface area (Å²) in [6.07, 6.45) is 0. The quantitative estimate of drug-likeness (QED) is 0.838. The van der Waals surface area contributed by atoms with Gasteiger partial charge in [-0.2, -0.15) is 0 Å². The predicted molar refractivity (Wildman–Crippen MR) is 85.8 cm³/mol. The summed E-state index contributed by atoms with van der Waals surface area (Å²) < 4.78 is 26.7. The fourth-order valence-corrected chi connectivity index (χ4v) is 2.43. The summed E-state index contributed by atoms with van der Waals surface area (Å²) in [5, 5.41) is 4.76. The number of anilines is 2. The standard InChI is InChI=1S/C17H13F2N3O3/c18-10-5-7-11(8-6-10)22-16(24)12(9-20-17(22)25)15(23)21-14-4-2-1-3-13(14)19/h1-8,12H,9H2,(H,20,25)(H,21,23). The molecule has 3 rings (SSSR count). The lowest BCUT2D eigenvalue weighted by molar-refractivity contribution is -0.130. The van der Waals surface area contributed by atoms with Crippen LogP contribution in [0.25, 0.3) is 0 Å². The number of hydrogen-bond acceptors (Lipinski definition) is 3. The largest absolute Gasteiger partial charge is 0.336 e. The van der Waals surface area contributed by atoms with E-state index in [1.807, 2.05) is 0 Å².